The highest BCUT2D eigenvalue weighted by Gasteiger charge is 2.56. The van der Waals surface area contributed by atoms with Crippen LogP contribution in [0.2, 0.25) is 0 Å². The summed E-state index contributed by atoms with van der Waals surface area (Å²) < 4.78 is 56.4. The molecule has 174 valence electrons. The predicted molar refractivity (Wildman–Crippen MR) is 89.2 cm³/mol. The van der Waals surface area contributed by atoms with Crippen molar-refractivity contribution in [1.82, 2.24) is 0 Å². The second-order valence-electron chi connectivity index (χ2n) is 5.61. The lowest BCUT2D eigenvalue weighted by atomic mass is 9.94. The minimum atomic E-state index is -5.45. The summed E-state index contributed by atoms with van der Waals surface area (Å²) in [6.45, 7) is 0.309. The first-order valence-corrected chi connectivity index (χ1v) is 13.6. The molecule has 0 amide bonds. The van der Waals surface area contributed by atoms with Crippen molar-refractivity contribution in [3.05, 3.63) is 0 Å². The van der Waals surface area contributed by atoms with Gasteiger partial charge in [0.25, 0.3) is 0 Å². The Morgan fingerprint density at radius 2 is 1.28 bits per heavy atom. The molecule has 0 radical (unpaired) electrons. The number of rotatable bonds is 10. The van der Waals surface area contributed by atoms with Crippen molar-refractivity contribution < 1.29 is 80.6 Å². The Morgan fingerprint density at radius 3 is 1.66 bits per heavy atom. The smallest absolute Gasteiger partial charge is 0.367 e. The summed E-state index contributed by atoms with van der Waals surface area (Å²) in [5, 5.41) is 0. The van der Waals surface area contributed by atoms with Gasteiger partial charge in [-0.05, 0) is 6.42 Å². The standard InChI is InChI=1S/C8H20O17P4/c1-2-4-6(23-27(12,13)14)8(25-29(18,19)20)7(24-28(15,16)17)5(22-4)3-21-26(9,10)11/h4-8,12-14H,2-3H2,1H3,(H5-,9,10,11,15,16,17,18,19,20)/p+1/t4-,5?,6+,7-,8?/m1/s1. The number of phosphoric ester groups is 3. The van der Waals surface area contributed by atoms with Gasteiger partial charge in [-0.3, -0.25) is 13.6 Å². The molecule has 0 aromatic heterocycles. The lowest BCUT2D eigenvalue weighted by molar-refractivity contribution is -0.218. The molecule has 1 aliphatic heterocycles. The van der Waals surface area contributed by atoms with Crippen LogP contribution >= 0.6 is 31.6 Å². The van der Waals surface area contributed by atoms with Crippen molar-refractivity contribution in [3.63, 3.8) is 0 Å². The van der Waals surface area contributed by atoms with Crippen LogP contribution in [0.4, 0.5) is 0 Å². The van der Waals surface area contributed by atoms with Crippen LogP contribution < -0.4 is 0 Å². The normalized spacial score (nSPS) is 29.8. The maximum absolute atomic E-state index is 11.3. The molecule has 1 heterocycles. The van der Waals surface area contributed by atoms with E-state index in [4.69, 9.17) is 48.8 Å². The molecule has 17 nitrogen and oxygen atoms in total. The van der Waals surface area contributed by atoms with E-state index in [1.807, 2.05) is 0 Å². The Labute approximate surface area is 163 Å². The molecule has 0 aromatic rings. The fourth-order valence-corrected chi connectivity index (χ4v) is 4.53. The van der Waals surface area contributed by atoms with Crippen LogP contribution in [0.1, 0.15) is 13.3 Å². The van der Waals surface area contributed by atoms with Gasteiger partial charge in [0.15, 0.2) is 6.10 Å². The van der Waals surface area contributed by atoms with E-state index in [0.29, 0.717) is 0 Å². The van der Waals surface area contributed by atoms with Crippen molar-refractivity contribution >= 4 is 31.6 Å². The zero-order chi connectivity index (χ0) is 22.8. The Kier molecular flexibility index (Phi) is 9.52. The molecule has 0 saturated carbocycles. The van der Waals surface area contributed by atoms with Gasteiger partial charge in [0.05, 0.1) is 12.7 Å². The fourth-order valence-electron chi connectivity index (χ4n) is 2.48. The molecule has 0 aromatic carbocycles. The van der Waals surface area contributed by atoms with Crippen LogP contribution in [-0.4, -0.2) is 81.2 Å². The molecule has 0 aliphatic carbocycles. The monoisotopic (exact) mass is 513 g/mol. The van der Waals surface area contributed by atoms with Crippen molar-refractivity contribution in [2.45, 2.75) is 43.9 Å². The Bertz CT molecular complexity index is 673. The lowest BCUT2D eigenvalue weighted by Crippen LogP contribution is -2.60. The number of ether oxygens (including phenoxy) is 1. The van der Waals surface area contributed by atoms with Gasteiger partial charge in [-0.15, -0.1) is 4.52 Å². The molecule has 1 aliphatic rings. The Morgan fingerprint density at radius 1 is 0.793 bits per heavy atom. The molecule has 1 fully saturated rings. The first-order valence-electron chi connectivity index (χ1n) is 7.40. The van der Waals surface area contributed by atoms with Crippen molar-refractivity contribution in [1.29, 1.82) is 0 Å². The van der Waals surface area contributed by atoms with E-state index < -0.39 is 68.8 Å². The van der Waals surface area contributed by atoms with Crippen LogP contribution in [0.15, 0.2) is 0 Å². The topological polar surface area (TPSA) is 279 Å². The highest BCUT2D eigenvalue weighted by Crippen LogP contribution is 2.53. The summed E-state index contributed by atoms with van der Waals surface area (Å²) in [4.78, 5) is 81.5. The summed E-state index contributed by atoms with van der Waals surface area (Å²) in [5.41, 5.74) is 0. The molecule has 29 heavy (non-hydrogen) atoms. The lowest BCUT2D eigenvalue weighted by Gasteiger charge is -2.44. The van der Waals surface area contributed by atoms with Gasteiger partial charge in [0.2, 0.25) is 0 Å². The van der Waals surface area contributed by atoms with Crippen molar-refractivity contribution in [2.75, 3.05) is 6.61 Å². The average Bonchev–Trinajstić information content (AvgIpc) is 2.44. The average molecular weight is 513 g/mol. The van der Waals surface area contributed by atoms with Crippen LogP contribution in [0.5, 0.6) is 0 Å². The molecule has 1 saturated heterocycles. The molecule has 0 spiro atoms. The van der Waals surface area contributed by atoms with E-state index >= 15 is 0 Å². The summed E-state index contributed by atoms with van der Waals surface area (Å²) in [6, 6.07) is 0. The largest absolute Gasteiger partial charge is 0.567 e. The zero-order valence-corrected chi connectivity index (χ0v) is 18.0. The van der Waals surface area contributed by atoms with Gasteiger partial charge in [-0.1, -0.05) is 6.92 Å². The Hall–Kier alpha value is 0.560. The van der Waals surface area contributed by atoms with Gasteiger partial charge in [-0.2, -0.15) is 14.7 Å². The second kappa shape index (κ2) is 10.0. The van der Waals surface area contributed by atoms with E-state index in [-0.39, 0.29) is 6.42 Å². The third-order valence-corrected chi connectivity index (χ3v) is 5.37. The van der Waals surface area contributed by atoms with Crippen molar-refractivity contribution in [2.24, 2.45) is 0 Å². The number of hydrogen-bond acceptors (Lipinski definition) is 11. The van der Waals surface area contributed by atoms with Gasteiger partial charge in [-0.25, -0.2) is 13.7 Å². The van der Waals surface area contributed by atoms with Gasteiger partial charge in [0.1, 0.15) is 18.3 Å². The molecule has 9 N–H and O–H groups in total. The molecular formula is C8H21O17P4+. The van der Waals surface area contributed by atoms with Gasteiger partial charge >= 0.3 is 31.6 Å². The second-order valence-corrected chi connectivity index (χ2v) is 10.5. The number of phosphoric acid groups is 3. The number of hydrogen-bond donors (Lipinski definition) is 9. The molecular weight excluding hydrogens is 492 g/mol. The van der Waals surface area contributed by atoms with Crippen LogP contribution in [-0.2, 0) is 36.5 Å². The van der Waals surface area contributed by atoms with Gasteiger partial charge in [0, 0.05) is 0 Å². The molecule has 0 bridgehead atoms. The SMILES string of the molecule is CC[C@H]1OC(COP(=O)(O)O)[C@@H](OP(=O)(O)O)C(OP(=O)(O)O)[C@H]1O[P+](O)(O)O. The highest BCUT2D eigenvalue weighted by atomic mass is 31.2. The van der Waals surface area contributed by atoms with E-state index in [1.165, 1.54) is 6.92 Å². The van der Waals surface area contributed by atoms with Crippen LogP contribution in [0, 0.1) is 0 Å². The third kappa shape index (κ3) is 10.6. The van der Waals surface area contributed by atoms with Crippen molar-refractivity contribution in [3.8, 4) is 0 Å². The first-order chi connectivity index (χ1) is 12.8. The molecule has 1 rings (SSSR count). The highest BCUT2D eigenvalue weighted by molar-refractivity contribution is 7.53. The predicted octanol–water partition coefficient (Wildman–Crippen LogP) is -1.73. The molecule has 21 heteroatoms. The van der Waals surface area contributed by atoms with E-state index in [9.17, 15) is 13.7 Å². The summed E-state index contributed by atoms with van der Waals surface area (Å²) in [5.74, 6) is 0. The van der Waals surface area contributed by atoms with E-state index in [2.05, 4.69) is 18.1 Å². The minimum absolute atomic E-state index is 0.124. The Balaban J connectivity index is 3.40. The zero-order valence-electron chi connectivity index (χ0n) is 14.4. The molecule has 2 unspecified atom stereocenters. The third-order valence-electron chi connectivity index (χ3n) is 3.32. The van der Waals surface area contributed by atoms with Crippen LogP contribution in [0.3, 0.4) is 0 Å². The minimum Gasteiger partial charge on any atom is -0.367 e. The summed E-state index contributed by atoms with van der Waals surface area (Å²) in [6.07, 6.45) is -9.70. The quantitative estimate of drug-likeness (QED) is 0.147. The van der Waals surface area contributed by atoms with E-state index in [0.717, 1.165) is 0 Å². The van der Waals surface area contributed by atoms with Crippen LogP contribution in [0.25, 0.3) is 0 Å². The molecule has 5 atom stereocenters. The summed E-state index contributed by atoms with van der Waals surface area (Å²) >= 11 is 0. The summed E-state index contributed by atoms with van der Waals surface area (Å²) in [7, 11) is -21.1. The maximum Gasteiger partial charge on any atom is 0.567 e. The van der Waals surface area contributed by atoms with Gasteiger partial charge < -0.3 is 34.1 Å². The van der Waals surface area contributed by atoms with E-state index in [1.54, 1.807) is 0 Å². The fraction of sp³-hybridized carbons (Fsp3) is 1.00. The maximum atomic E-state index is 11.3. The first kappa shape index (κ1) is 27.6.